The highest BCUT2D eigenvalue weighted by atomic mass is 32.2. The van der Waals surface area contributed by atoms with Gasteiger partial charge in [-0.3, -0.25) is 4.79 Å². The molecule has 0 aliphatic carbocycles. The Balaban J connectivity index is 1.52. The van der Waals surface area contributed by atoms with E-state index in [4.69, 9.17) is 0 Å². The van der Waals surface area contributed by atoms with Crippen LogP contribution in [0.1, 0.15) is 18.1 Å². The van der Waals surface area contributed by atoms with Crippen LogP contribution >= 0.6 is 11.8 Å². The molecule has 0 aliphatic rings. The maximum atomic E-state index is 12.4. The van der Waals surface area contributed by atoms with Gasteiger partial charge < -0.3 is 4.90 Å². The van der Waals surface area contributed by atoms with Crippen molar-refractivity contribution in [1.82, 2.24) is 19.7 Å². The minimum atomic E-state index is 0.0608. The van der Waals surface area contributed by atoms with E-state index in [0.29, 0.717) is 17.5 Å². The molecule has 134 valence electrons. The van der Waals surface area contributed by atoms with Crippen molar-refractivity contribution in [1.29, 1.82) is 0 Å². The fraction of sp³-hybridized carbons (Fsp3) is 0.250. The largest absolute Gasteiger partial charge is 0.341 e. The third-order valence-corrected chi connectivity index (χ3v) is 4.93. The van der Waals surface area contributed by atoms with E-state index in [2.05, 4.69) is 41.3 Å². The van der Waals surface area contributed by atoms with Gasteiger partial charge in [-0.1, -0.05) is 61.2 Å². The molecular weight excluding hydrogens is 344 g/mol. The Hall–Kier alpha value is -2.60. The van der Waals surface area contributed by atoms with Crippen LogP contribution in [-0.2, 0) is 17.8 Å². The average molecular weight is 366 g/mol. The number of benzene rings is 2. The fourth-order valence-corrected chi connectivity index (χ4v) is 3.24. The van der Waals surface area contributed by atoms with E-state index in [0.717, 1.165) is 17.7 Å². The molecule has 0 N–H and O–H groups in total. The quantitative estimate of drug-likeness (QED) is 0.600. The van der Waals surface area contributed by atoms with Gasteiger partial charge >= 0.3 is 0 Å². The number of amides is 1. The minimum absolute atomic E-state index is 0.0608. The van der Waals surface area contributed by atoms with Crippen molar-refractivity contribution in [3.05, 3.63) is 72.1 Å². The average Bonchev–Trinajstić information content (AvgIpc) is 3.16. The molecule has 0 unspecified atom stereocenters. The molecule has 0 aliphatic heterocycles. The van der Waals surface area contributed by atoms with Gasteiger partial charge in [-0.05, 0) is 29.7 Å². The van der Waals surface area contributed by atoms with Gasteiger partial charge in [-0.15, -0.1) is 5.10 Å². The number of aryl methyl sites for hydroxylation is 1. The summed E-state index contributed by atoms with van der Waals surface area (Å²) in [6.45, 7) is 2.74. The van der Waals surface area contributed by atoms with Crippen molar-refractivity contribution < 1.29 is 4.79 Å². The summed E-state index contributed by atoms with van der Waals surface area (Å²) in [5.41, 5.74) is 3.39. The Morgan fingerprint density at radius 3 is 2.46 bits per heavy atom. The summed E-state index contributed by atoms with van der Waals surface area (Å²) in [5.74, 6) is 0.383. The number of hydrogen-bond acceptors (Lipinski definition) is 4. The number of thioether (sulfide) groups is 1. The first kappa shape index (κ1) is 18.2. The maximum absolute atomic E-state index is 12.4. The highest BCUT2D eigenvalue weighted by molar-refractivity contribution is 7.99. The molecule has 26 heavy (non-hydrogen) atoms. The minimum Gasteiger partial charge on any atom is -0.341 e. The second kappa shape index (κ2) is 8.67. The van der Waals surface area contributed by atoms with E-state index in [-0.39, 0.29) is 5.91 Å². The molecule has 0 bridgehead atoms. The Labute approximate surface area is 158 Å². The van der Waals surface area contributed by atoms with Crippen LogP contribution in [0, 0.1) is 0 Å². The van der Waals surface area contributed by atoms with Crippen LogP contribution in [0.2, 0.25) is 0 Å². The standard InChI is InChI=1S/C20H22N4OS/c1-3-16-9-11-17(12-10-16)13-23(2)19(25)14-26-20-21-15-24(22-20)18-7-5-4-6-8-18/h4-12,15H,3,13-14H2,1-2H3. The van der Waals surface area contributed by atoms with Crippen molar-refractivity contribution in [2.75, 3.05) is 12.8 Å². The van der Waals surface area contributed by atoms with E-state index in [1.165, 1.54) is 17.3 Å². The summed E-state index contributed by atoms with van der Waals surface area (Å²) in [6, 6.07) is 18.2. The summed E-state index contributed by atoms with van der Waals surface area (Å²) in [5, 5.41) is 5.01. The summed E-state index contributed by atoms with van der Waals surface area (Å²) < 4.78 is 1.71. The Bertz CT molecular complexity index is 846. The summed E-state index contributed by atoms with van der Waals surface area (Å²) in [7, 11) is 1.83. The first-order valence-electron chi connectivity index (χ1n) is 8.57. The molecule has 0 saturated carbocycles. The number of nitrogens with zero attached hydrogens (tertiary/aromatic N) is 4. The van der Waals surface area contributed by atoms with Crippen LogP contribution in [0.25, 0.3) is 5.69 Å². The molecular formula is C20H22N4OS. The lowest BCUT2D eigenvalue weighted by Crippen LogP contribution is -2.27. The van der Waals surface area contributed by atoms with Gasteiger partial charge in [0.25, 0.3) is 0 Å². The number of hydrogen-bond donors (Lipinski definition) is 0. The third kappa shape index (κ3) is 4.73. The van der Waals surface area contributed by atoms with Crippen LogP contribution in [0.4, 0.5) is 0 Å². The van der Waals surface area contributed by atoms with Gasteiger partial charge in [-0.2, -0.15) is 0 Å². The van der Waals surface area contributed by atoms with Gasteiger partial charge in [0.1, 0.15) is 6.33 Å². The molecule has 6 heteroatoms. The molecule has 5 nitrogen and oxygen atoms in total. The van der Waals surface area contributed by atoms with Crippen molar-refractivity contribution in [3.8, 4) is 5.69 Å². The number of carbonyl (C=O) groups is 1. The first-order chi connectivity index (χ1) is 12.7. The molecule has 0 saturated heterocycles. The molecule has 1 heterocycles. The van der Waals surface area contributed by atoms with Crippen LogP contribution in [0.15, 0.2) is 66.1 Å². The predicted molar refractivity (Wildman–Crippen MR) is 104 cm³/mol. The normalized spacial score (nSPS) is 10.7. The molecule has 0 fully saturated rings. The molecule has 2 aromatic carbocycles. The number of rotatable bonds is 7. The Morgan fingerprint density at radius 2 is 1.77 bits per heavy atom. The molecule has 1 aromatic heterocycles. The Morgan fingerprint density at radius 1 is 1.08 bits per heavy atom. The zero-order chi connectivity index (χ0) is 18.4. The van der Waals surface area contributed by atoms with Gasteiger partial charge in [0, 0.05) is 13.6 Å². The van der Waals surface area contributed by atoms with Crippen molar-refractivity contribution >= 4 is 17.7 Å². The van der Waals surface area contributed by atoms with Crippen LogP contribution < -0.4 is 0 Å². The third-order valence-electron chi connectivity index (χ3n) is 4.09. The Kier molecular flexibility index (Phi) is 6.07. The lowest BCUT2D eigenvalue weighted by atomic mass is 10.1. The second-order valence-corrected chi connectivity index (χ2v) is 6.96. The number of carbonyl (C=O) groups excluding carboxylic acids is 1. The fourth-order valence-electron chi connectivity index (χ4n) is 2.50. The molecule has 0 radical (unpaired) electrons. The van der Waals surface area contributed by atoms with Crippen LogP contribution in [0.3, 0.4) is 0 Å². The molecule has 3 aromatic rings. The highest BCUT2D eigenvalue weighted by Crippen LogP contribution is 2.15. The summed E-state index contributed by atoms with van der Waals surface area (Å²) >= 11 is 1.35. The second-order valence-electron chi connectivity index (χ2n) is 6.02. The highest BCUT2D eigenvalue weighted by Gasteiger charge is 2.12. The predicted octanol–water partition coefficient (Wildman–Crippen LogP) is 3.58. The van der Waals surface area contributed by atoms with Gasteiger partial charge in [-0.25, -0.2) is 9.67 Å². The van der Waals surface area contributed by atoms with Gasteiger partial charge in [0.05, 0.1) is 11.4 Å². The van der Waals surface area contributed by atoms with Gasteiger partial charge in [0.15, 0.2) is 0 Å². The van der Waals surface area contributed by atoms with Gasteiger partial charge in [0.2, 0.25) is 11.1 Å². The number of aromatic nitrogens is 3. The summed E-state index contributed by atoms with van der Waals surface area (Å²) in [4.78, 5) is 18.4. The SMILES string of the molecule is CCc1ccc(CN(C)C(=O)CSc2ncn(-c3ccccc3)n2)cc1. The molecule has 1 amide bonds. The van der Waals surface area contributed by atoms with E-state index in [1.54, 1.807) is 15.9 Å². The van der Waals surface area contributed by atoms with Crippen molar-refractivity contribution in [3.63, 3.8) is 0 Å². The van der Waals surface area contributed by atoms with E-state index in [1.807, 2.05) is 37.4 Å². The van der Waals surface area contributed by atoms with Crippen LogP contribution in [-0.4, -0.2) is 38.4 Å². The van der Waals surface area contributed by atoms with Crippen molar-refractivity contribution in [2.24, 2.45) is 0 Å². The van der Waals surface area contributed by atoms with E-state index in [9.17, 15) is 4.79 Å². The molecule has 3 rings (SSSR count). The monoisotopic (exact) mass is 366 g/mol. The number of para-hydroxylation sites is 1. The maximum Gasteiger partial charge on any atom is 0.233 e. The van der Waals surface area contributed by atoms with E-state index >= 15 is 0 Å². The topological polar surface area (TPSA) is 51.0 Å². The first-order valence-corrected chi connectivity index (χ1v) is 9.56. The lowest BCUT2D eigenvalue weighted by molar-refractivity contribution is -0.127. The molecule has 0 atom stereocenters. The smallest absolute Gasteiger partial charge is 0.233 e. The summed E-state index contributed by atoms with van der Waals surface area (Å²) in [6.07, 6.45) is 2.69. The van der Waals surface area contributed by atoms with Crippen LogP contribution in [0.5, 0.6) is 0 Å². The molecule has 0 spiro atoms. The zero-order valence-electron chi connectivity index (χ0n) is 15.0. The lowest BCUT2D eigenvalue weighted by Gasteiger charge is -2.17. The van der Waals surface area contributed by atoms with E-state index < -0.39 is 0 Å². The zero-order valence-corrected chi connectivity index (χ0v) is 15.8. The van der Waals surface area contributed by atoms with Crippen molar-refractivity contribution in [2.45, 2.75) is 25.0 Å².